The quantitative estimate of drug-likeness (QED) is 0.318. The third kappa shape index (κ3) is 8.82. The maximum Gasteiger partial charge on any atom is 0 e. The summed E-state index contributed by atoms with van der Waals surface area (Å²) in [6.07, 6.45) is 0. The molecule has 0 atom stereocenters. The van der Waals surface area contributed by atoms with Crippen LogP contribution >= 0.6 is 0 Å². The van der Waals surface area contributed by atoms with E-state index < -0.39 is 0 Å². The number of hydrogen-bond acceptors (Lipinski definition) is 0. The van der Waals surface area contributed by atoms with Crippen molar-refractivity contribution in [2.24, 2.45) is 0 Å². The first kappa shape index (κ1) is 30.3. The average molecular weight is 673 g/mol. The summed E-state index contributed by atoms with van der Waals surface area (Å²) in [5.74, 6) is 0. The van der Waals surface area contributed by atoms with E-state index in [2.05, 4.69) is 0 Å². The summed E-state index contributed by atoms with van der Waals surface area (Å²) in [4.78, 5) is 0. The molecule has 0 nitrogen and oxygen atoms in total. The van der Waals surface area contributed by atoms with E-state index in [9.17, 15) is 0 Å². The van der Waals surface area contributed by atoms with E-state index in [1.165, 1.54) is 0 Å². The molecule has 0 heterocycles. The SMILES string of the molecule is [Ir].[Ir].[Ir].[Mo]. The smallest absolute Gasteiger partial charge is 0 e. The van der Waals surface area contributed by atoms with E-state index in [0.717, 1.165) is 0 Å². The molecule has 0 spiro atoms. The fourth-order valence-electron chi connectivity index (χ4n) is 0. The van der Waals surface area contributed by atoms with Gasteiger partial charge >= 0.3 is 0 Å². The molecule has 0 aliphatic heterocycles. The van der Waals surface area contributed by atoms with E-state index in [1.807, 2.05) is 0 Å². The van der Waals surface area contributed by atoms with Crippen molar-refractivity contribution in [1.29, 1.82) is 0 Å². The molecule has 4 heteroatoms. The van der Waals surface area contributed by atoms with Gasteiger partial charge in [-0.3, -0.25) is 0 Å². The van der Waals surface area contributed by atoms with Crippen LogP contribution in [0.1, 0.15) is 0 Å². The standard InChI is InChI=1S/3Ir.Mo. The van der Waals surface area contributed by atoms with Gasteiger partial charge in [-0.1, -0.05) is 0 Å². The second kappa shape index (κ2) is 17.4. The normalized spacial score (nSPS) is 0. The Bertz CT molecular complexity index is 3.25. The van der Waals surface area contributed by atoms with Crippen molar-refractivity contribution < 1.29 is 81.4 Å². The van der Waals surface area contributed by atoms with Crippen molar-refractivity contribution in [3.8, 4) is 0 Å². The van der Waals surface area contributed by atoms with Crippen LogP contribution in [-0.4, -0.2) is 0 Å². The third-order valence-corrected chi connectivity index (χ3v) is 0. The molecule has 0 aliphatic carbocycles. The summed E-state index contributed by atoms with van der Waals surface area (Å²) in [7, 11) is 0. The van der Waals surface area contributed by atoms with Gasteiger partial charge in [0, 0.05) is 81.4 Å². The minimum Gasteiger partial charge on any atom is 0 e. The van der Waals surface area contributed by atoms with E-state index in [1.54, 1.807) is 0 Å². The van der Waals surface area contributed by atoms with Gasteiger partial charge in [-0.15, -0.1) is 0 Å². The van der Waals surface area contributed by atoms with Gasteiger partial charge in [0.05, 0.1) is 0 Å². The Balaban J connectivity index is 0. The summed E-state index contributed by atoms with van der Waals surface area (Å²) in [5, 5.41) is 0. The molecule has 0 N–H and O–H groups in total. The molecule has 0 saturated carbocycles. The molecule has 0 fully saturated rings. The first-order valence-electron chi connectivity index (χ1n) is 0. The zero-order valence-corrected chi connectivity index (χ0v) is 10.6. The van der Waals surface area contributed by atoms with Crippen molar-refractivity contribution in [3.63, 3.8) is 0 Å². The van der Waals surface area contributed by atoms with Gasteiger partial charge in [0.15, 0.2) is 0 Å². The first-order chi connectivity index (χ1) is 0. The van der Waals surface area contributed by atoms with Crippen molar-refractivity contribution in [2.45, 2.75) is 0 Å². The van der Waals surface area contributed by atoms with E-state index in [-0.39, 0.29) is 81.4 Å². The van der Waals surface area contributed by atoms with Crippen LogP contribution < -0.4 is 0 Å². The van der Waals surface area contributed by atoms with Gasteiger partial charge in [-0.25, -0.2) is 0 Å². The van der Waals surface area contributed by atoms with Crippen molar-refractivity contribution in [2.75, 3.05) is 0 Å². The molecule has 0 amide bonds. The summed E-state index contributed by atoms with van der Waals surface area (Å²) >= 11 is 0. The second-order valence-corrected chi connectivity index (χ2v) is 0. The number of rotatable bonds is 0. The second-order valence-electron chi connectivity index (χ2n) is 0. The molecule has 4 heavy (non-hydrogen) atoms. The summed E-state index contributed by atoms with van der Waals surface area (Å²) in [5.41, 5.74) is 0. The van der Waals surface area contributed by atoms with Crippen LogP contribution in [-0.2, 0) is 81.4 Å². The Morgan fingerprint density at radius 2 is 0.500 bits per heavy atom. The predicted molar refractivity (Wildman–Crippen MR) is 0 cm³/mol. The maximum atomic E-state index is 0. The largest absolute Gasteiger partial charge is 0 e. The van der Waals surface area contributed by atoms with Crippen molar-refractivity contribution >= 4 is 0 Å². The summed E-state index contributed by atoms with van der Waals surface area (Å²) < 4.78 is 0. The van der Waals surface area contributed by atoms with Crippen LogP contribution in [0.25, 0.3) is 0 Å². The summed E-state index contributed by atoms with van der Waals surface area (Å²) in [6, 6.07) is 0. The average Bonchev–Trinajstić information content (AvgIpc) is 0. The van der Waals surface area contributed by atoms with Gasteiger partial charge in [-0.2, -0.15) is 0 Å². The zero-order chi connectivity index (χ0) is 0. The molecular weight excluding hydrogens is 673 g/mol. The van der Waals surface area contributed by atoms with Gasteiger partial charge < -0.3 is 0 Å². The first-order valence-corrected chi connectivity index (χ1v) is 0. The topological polar surface area (TPSA) is 0 Å². The van der Waals surface area contributed by atoms with Crippen LogP contribution in [0.2, 0.25) is 0 Å². The Morgan fingerprint density at radius 3 is 0.500 bits per heavy atom. The molecule has 0 unspecified atom stereocenters. The zero-order valence-electron chi connectivity index (χ0n) is 1.41. The van der Waals surface area contributed by atoms with Gasteiger partial charge in [-0.05, 0) is 0 Å². The van der Waals surface area contributed by atoms with E-state index >= 15 is 0 Å². The molecule has 0 aromatic rings. The maximum absolute atomic E-state index is 0. The van der Waals surface area contributed by atoms with Gasteiger partial charge in [0.1, 0.15) is 0 Å². The fourth-order valence-corrected chi connectivity index (χ4v) is 0. The van der Waals surface area contributed by atoms with Gasteiger partial charge in [0.2, 0.25) is 0 Å². The molecular formula is Ir3Mo. The Morgan fingerprint density at radius 1 is 0.500 bits per heavy atom. The Labute approximate surface area is 80.2 Å². The minimum absolute atomic E-state index is 0. The molecule has 0 saturated heterocycles. The molecule has 0 aromatic carbocycles. The molecule has 0 rings (SSSR count). The fraction of sp³-hybridized carbons (Fsp3) is 0. The molecule has 0 bridgehead atoms. The van der Waals surface area contributed by atoms with E-state index in [0.29, 0.717) is 0 Å². The Kier molecular flexibility index (Phi) is 132. The van der Waals surface area contributed by atoms with Crippen molar-refractivity contribution in [3.05, 3.63) is 0 Å². The van der Waals surface area contributed by atoms with Crippen LogP contribution in [0, 0.1) is 0 Å². The van der Waals surface area contributed by atoms with Crippen LogP contribution in [0.4, 0.5) is 0 Å². The molecule has 0 aromatic heterocycles. The number of hydrogen-bond donors (Lipinski definition) is 0. The van der Waals surface area contributed by atoms with E-state index in [4.69, 9.17) is 0 Å². The Hall–Kier alpha value is 2.64. The molecule has 3 radical (unpaired) electrons. The predicted octanol–water partition coefficient (Wildman–Crippen LogP) is -0.0100. The summed E-state index contributed by atoms with van der Waals surface area (Å²) in [6.45, 7) is 0. The monoisotopic (exact) mass is 677 g/mol. The minimum atomic E-state index is 0. The van der Waals surface area contributed by atoms with Crippen LogP contribution in [0.5, 0.6) is 0 Å². The van der Waals surface area contributed by atoms with Crippen molar-refractivity contribution in [1.82, 2.24) is 0 Å². The van der Waals surface area contributed by atoms with Gasteiger partial charge in [0.25, 0.3) is 0 Å². The van der Waals surface area contributed by atoms with Crippen LogP contribution in [0.15, 0.2) is 0 Å². The molecule has 33 valence electrons. The molecule has 0 aliphatic rings. The third-order valence-electron chi connectivity index (χ3n) is 0. The van der Waals surface area contributed by atoms with Crippen LogP contribution in [0.3, 0.4) is 0 Å².